The molecule has 3 aromatic carbocycles. The Morgan fingerprint density at radius 1 is 0.879 bits per heavy atom. The first-order chi connectivity index (χ1) is 16.0. The third-order valence-electron chi connectivity index (χ3n) is 5.20. The second-order valence-electron chi connectivity index (χ2n) is 7.33. The van der Waals surface area contributed by atoms with Crippen LogP contribution in [-0.4, -0.2) is 21.1 Å². The molecular formula is C25H15F3N4O. The number of rotatable bonds is 4. The topological polar surface area (TPSA) is 70.7 Å². The maximum Gasteiger partial charge on any atom is 0.276 e. The number of hydrogen-bond acceptors (Lipinski definition) is 3. The first kappa shape index (κ1) is 20.4. The molecule has 0 bridgehead atoms. The van der Waals surface area contributed by atoms with Gasteiger partial charge in [-0.1, -0.05) is 18.2 Å². The lowest BCUT2D eigenvalue weighted by molar-refractivity contribution is 0.102. The fourth-order valence-corrected chi connectivity index (χ4v) is 3.53. The third-order valence-corrected chi connectivity index (χ3v) is 5.20. The van der Waals surface area contributed by atoms with Gasteiger partial charge in [-0.25, -0.2) is 13.2 Å². The van der Waals surface area contributed by atoms with Crippen molar-refractivity contribution in [2.75, 3.05) is 5.32 Å². The van der Waals surface area contributed by atoms with Gasteiger partial charge >= 0.3 is 0 Å². The van der Waals surface area contributed by atoms with Crippen LogP contribution < -0.4 is 5.32 Å². The number of carbonyl (C=O) groups excluding carboxylic acids is 1. The highest BCUT2D eigenvalue weighted by atomic mass is 19.2. The number of H-pyrrole nitrogens is 1. The molecule has 0 spiro atoms. The number of hydrogen-bond donors (Lipinski definition) is 2. The molecule has 5 nitrogen and oxygen atoms in total. The SMILES string of the molecule is O=C(Nc1ccc(-c2ccc(F)cc2)nc1)c1n[nH]c2ccc(-c3cccc(F)c3F)cc12. The lowest BCUT2D eigenvalue weighted by atomic mass is 10.0. The molecule has 2 aromatic heterocycles. The maximum absolute atomic E-state index is 14.2. The molecule has 0 atom stereocenters. The number of pyridine rings is 1. The Balaban J connectivity index is 1.41. The molecule has 0 radical (unpaired) electrons. The number of nitrogens with one attached hydrogen (secondary N) is 2. The standard InChI is InChI=1S/C25H15F3N4O/c26-16-7-4-14(5-8-16)21-11-9-17(13-29-21)30-25(33)24-19-12-15(6-10-22(19)31-32-24)18-2-1-3-20(27)23(18)28/h1-13H,(H,30,33)(H,31,32). The molecule has 0 aliphatic carbocycles. The smallest absolute Gasteiger partial charge is 0.276 e. The maximum atomic E-state index is 14.2. The van der Waals surface area contributed by atoms with E-state index in [0.717, 1.165) is 11.6 Å². The van der Waals surface area contributed by atoms with Gasteiger partial charge in [-0.15, -0.1) is 0 Å². The van der Waals surface area contributed by atoms with Gasteiger partial charge in [0.05, 0.1) is 23.1 Å². The molecule has 0 saturated heterocycles. The molecule has 0 unspecified atom stereocenters. The van der Waals surface area contributed by atoms with Crippen molar-refractivity contribution in [2.24, 2.45) is 0 Å². The number of nitrogens with zero attached hydrogens (tertiary/aromatic N) is 2. The molecule has 0 saturated carbocycles. The van der Waals surface area contributed by atoms with E-state index in [4.69, 9.17) is 0 Å². The molecule has 0 aliphatic rings. The van der Waals surface area contributed by atoms with Gasteiger partial charge in [0, 0.05) is 16.5 Å². The van der Waals surface area contributed by atoms with Crippen LogP contribution in [0.2, 0.25) is 0 Å². The van der Waals surface area contributed by atoms with Crippen molar-refractivity contribution in [3.63, 3.8) is 0 Å². The average Bonchev–Trinajstić information content (AvgIpc) is 3.25. The Bertz CT molecular complexity index is 1480. The molecule has 5 aromatic rings. The molecule has 33 heavy (non-hydrogen) atoms. The minimum atomic E-state index is -0.960. The van der Waals surface area contributed by atoms with Crippen LogP contribution in [0.15, 0.2) is 79.0 Å². The van der Waals surface area contributed by atoms with Crippen LogP contribution >= 0.6 is 0 Å². The number of fused-ring (bicyclic) bond motifs is 1. The van der Waals surface area contributed by atoms with Gasteiger partial charge in [0.25, 0.3) is 5.91 Å². The Kier molecular flexibility index (Phi) is 5.10. The number of aromatic nitrogens is 3. The third kappa shape index (κ3) is 3.94. The Morgan fingerprint density at radius 3 is 2.42 bits per heavy atom. The largest absolute Gasteiger partial charge is 0.319 e. The minimum absolute atomic E-state index is 0.0880. The van der Waals surface area contributed by atoms with Gasteiger partial charge in [-0.3, -0.25) is 14.9 Å². The molecule has 5 rings (SSSR count). The van der Waals surface area contributed by atoms with Gasteiger partial charge < -0.3 is 5.32 Å². The summed E-state index contributed by atoms with van der Waals surface area (Å²) < 4.78 is 41.0. The monoisotopic (exact) mass is 444 g/mol. The predicted molar refractivity (Wildman–Crippen MR) is 119 cm³/mol. The summed E-state index contributed by atoms with van der Waals surface area (Å²) >= 11 is 0. The second kappa shape index (κ2) is 8.23. The van der Waals surface area contributed by atoms with E-state index in [1.165, 1.54) is 30.5 Å². The molecule has 2 heterocycles. The second-order valence-corrected chi connectivity index (χ2v) is 7.33. The van der Waals surface area contributed by atoms with Gasteiger partial charge in [-0.05, 0) is 60.2 Å². The predicted octanol–water partition coefficient (Wildman–Crippen LogP) is 5.96. The number of aromatic amines is 1. The number of benzene rings is 3. The van der Waals surface area contributed by atoms with Crippen LogP contribution in [0.5, 0.6) is 0 Å². The summed E-state index contributed by atoms with van der Waals surface area (Å²) in [4.78, 5) is 17.2. The van der Waals surface area contributed by atoms with Gasteiger partial charge in [0.1, 0.15) is 5.82 Å². The van der Waals surface area contributed by atoms with Crippen molar-refractivity contribution in [3.8, 4) is 22.4 Å². The number of carbonyl (C=O) groups is 1. The van der Waals surface area contributed by atoms with Crippen molar-refractivity contribution >= 4 is 22.5 Å². The van der Waals surface area contributed by atoms with Crippen molar-refractivity contribution in [1.29, 1.82) is 0 Å². The van der Waals surface area contributed by atoms with E-state index in [1.54, 1.807) is 42.5 Å². The molecule has 162 valence electrons. The lowest BCUT2D eigenvalue weighted by Gasteiger charge is -2.07. The van der Waals surface area contributed by atoms with Crippen molar-refractivity contribution < 1.29 is 18.0 Å². The van der Waals surface area contributed by atoms with E-state index in [0.29, 0.717) is 27.8 Å². The van der Waals surface area contributed by atoms with Gasteiger partial charge in [-0.2, -0.15) is 5.10 Å². The Labute approximate surface area is 185 Å². The summed E-state index contributed by atoms with van der Waals surface area (Å²) in [5, 5.41) is 10.0. The molecule has 0 fully saturated rings. The summed E-state index contributed by atoms with van der Waals surface area (Å²) in [6, 6.07) is 18.1. The highest BCUT2D eigenvalue weighted by Gasteiger charge is 2.17. The zero-order chi connectivity index (χ0) is 22.9. The zero-order valence-electron chi connectivity index (χ0n) is 16.9. The summed E-state index contributed by atoms with van der Waals surface area (Å²) in [5.41, 5.74) is 2.99. The normalized spacial score (nSPS) is 11.0. The van der Waals surface area contributed by atoms with Crippen LogP contribution in [0, 0.1) is 17.5 Å². The minimum Gasteiger partial charge on any atom is -0.319 e. The molecule has 0 aliphatic heterocycles. The quantitative estimate of drug-likeness (QED) is 0.359. The summed E-state index contributed by atoms with van der Waals surface area (Å²) in [6.45, 7) is 0. The van der Waals surface area contributed by atoms with Crippen molar-refractivity contribution in [3.05, 3.63) is 102 Å². The van der Waals surface area contributed by atoms with Crippen LogP contribution in [0.1, 0.15) is 10.5 Å². The molecule has 2 N–H and O–H groups in total. The molecular weight excluding hydrogens is 429 g/mol. The fourth-order valence-electron chi connectivity index (χ4n) is 3.53. The van der Waals surface area contributed by atoms with E-state index in [-0.39, 0.29) is 17.1 Å². The summed E-state index contributed by atoms with van der Waals surface area (Å²) in [5.74, 6) is -2.74. The Morgan fingerprint density at radius 2 is 1.67 bits per heavy atom. The van der Waals surface area contributed by atoms with Gasteiger partial charge in [0.2, 0.25) is 0 Å². The van der Waals surface area contributed by atoms with E-state index in [1.807, 2.05) is 0 Å². The lowest BCUT2D eigenvalue weighted by Crippen LogP contribution is -2.13. The Hall–Kier alpha value is -4.46. The van der Waals surface area contributed by atoms with E-state index in [9.17, 15) is 18.0 Å². The van der Waals surface area contributed by atoms with E-state index < -0.39 is 17.5 Å². The summed E-state index contributed by atoms with van der Waals surface area (Å²) in [7, 11) is 0. The fraction of sp³-hybridized carbons (Fsp3) is 0. The summed E-state index contributed by atoms with van der Waals surface area (Å²) in [6.07, 6.45) is 1.49. The van der Waals surface area contributed by atoms with Gasteiger partial charge in [0.15, 0.2) is 17.3 Å². The van der Waals surface area contributed by atoms with E-state index in [2.05, 4.69) is 20.5 Å². The highest BCUT2D eigenvalue weighted by molar-refractivity contribution is 6.11. The number of halogens is 3. The van der Waals surface area contributed by atoms with E-state index >= 15 is 0 Å². The molecule has 1 amide bonds. The average molecular weight is 444 g/mol. The first-order valence-electron chi connectivity index (χ1n) is 9.95. The van der Waals surface area contributed by atoms with Crippen molar-refractivity contribution in [2.45, 2.75) is 0 Å². The van der Waals surface area contributed by atoms with Crippen molar-refractivity contribution in [1.82, 2.24) is 15.2 Å². The number of anilines is 1. The zero-order valence-corrected chi connectivity index (χ0v) is 16.9. The van der Waals surface area contributed by atoms with Crippen LogP contribution in [0.25, 0.3) is 33.3 Å². The number of amides is 1. The van der Waals surface area contributed by atoms with Crippen LogP contribution in [0.3, 0.4) is 0 Å². The highest BCUT2D eigenvalue weighted by Crippen LogP contribution is 2.29. The first-order valence-corrected chi connectivity index (χ1v) is 9.95. The molecule has 8 heteroatoms. The van der Waals surface area contributed by atoms with Crippen LogP contribution in [0.4, 0.5) is 18.9 Å². The van der Waals surface area contributed by atoms with Crippen LogP contribution in [-0.2, 0) is 0 Å².